The average molecular weight is 352 g/mol. The fraction of sp³-hybridized carbons (Fsp3) is 0.0455. The molecule has 3 heterocycles. The molecule has 0 radical (unpaired) electrons. The van der Waals surface area contributed by atoms with E-state index in [2.05, 4.69) is 26.7 Å². The van der Waals surface area contributed by atoms with Gasteiger partial charge in [-0.25, -0.2) is 15.0 Å². The summed E-state index contributed by atoms with van der Waals surface area (Å²) in [6.07, 6.45) is 3.26. The van der Waals surface area contributed by atoms with Gasteiger partial charge in [0.2, 0.25) is 0 Å². The van der Waals surface area contributed by atoms with E-state index in [1.54, 1.807) is 12.6 Å². The molecule has 2 aromatic carbocycles. The van der Waals surface area contributed by atoms with Gasteiger partial charge < -0.3 is 8.98 Å². The molecule has 0 aliphatic carbocycles. The molecule has 3 aromatic heterocycles. The van der Waals surface area contributed by atoms with E-state index in [1.165, 1.54) is 5.56 Å². The molecule has 0 unspecified atom stereocenters. The quantitative estimate of drug-likeness (QED) is 0.466. The van der Waals surface area contributed by atoms with Crippen molar-refractivity contribution >= 4 is 11.2 Å². The van der Waals surface area contributed by atoms with Crippen LogP contribution in [0.25, 0.3) is 34.0 Å². The van der Waals surface area contributed by atoms with Crippen LogP contribution in [-0.2, 0) is 6.54 Å². The highest BCUT2D eigenvalue weighted by atomic mass is 16.3. The summed E-state index contributed by atoms with van der Waals surface area (Å²) >= 11 is 0. The van der Waals surface area contributed by atoms with Gasteiger partial charge in [-0.15, -0.1) is 0 Å². The van der Waals surface area contributed by atoms with Gasteiger partial charge in [-0.2, -0.15) is 0 Å². The summed E-state index contributed by atoms with van der Waals surface area (Å²) in [5, 5.41) is 0. The van der Waals surface area contributed by atoms with Gasteiger partial charge in [0.1, 0.15) is 17.5 Å². The van der Waals surface area contributed by atoms with E-state index in [4.69, 9.17) is 9.40 Å². The molecular weight excluding hydrogens is 336 g/mol. The molecule has 0 spiro atoms. The lowest BCUT2D eigenvalue weighted by atomic mass is 10.1. The Morgan fingerprint density at radius 2 is 1.59 bits per heavy atom. The molecule has 0 N–H and O–H groups in total. The fourth-order valence-corrected chi connectivity index (χ4v) is 3.25. The van der Waals surface area contributed by atoms with Gasteiger partial charge in [-0.1, -0.05) is 60.7 Å². The Balaban J connectivity index is 1.75. The van der Waals surface area contributed by atoms with Crippen LogP contribution in [0.3, 0.4) is 0 Å². The molecule has 0 aliphatic heterocycles. The Bertz CT molecular complexity index is 1180. The molecule has 0 saturated heterocycles. The van der Waals surface area contributed by atoms with Crippen molar-refractivity contribution in [1.29, 1.82) is 0 Å². The van der Waals surface area contributed by atoms with Crippen molar-refractivity contribution in [3.05, 3.63) is 91.0 Å². The number of aromatic nitrogens is 4. The van der Waals surface area contributed by atoms with Crippen molar-refractivity contribution in [1.82, 2.24) is 19.5 Å². The van der Waals surface area contributed by atoms with Crippen LogP contribution >= 0.6 is 0 Å². The maximum atomic E-state index is 5.64. The molecule has 0 bridgehead atoms. The zero-order valence-electron chi connectivity index (χ0n) is 14.5. The maximum absolute atomic E-state index is 5.64. The van der Waals surface area contributed by atoms with Gasteiger partial charge in [-0.3, -0.25) is 0 Å². The minimum absolute atomic E-state index is 0.651. The second-order valence-electron chi connectivity index (χ2n) is 6.24. The van der Waals surface area contributed by atoms with Gasteiger partial charge in [0, 0.05) is 5.56 Å². The van der Waals surface area contributed by atoms with Gasteiger partial charge in [0.05, 0.1) is 12.8 Å². The number of fused-ring (bicyclic) bond motifs is 1. The highest BCUT2D eigenvalue weighted by Gasteiger charge is 2.19. The van der Waals surface area contributed by atoms with E-state index in [-0.39, 0.29) is 0 Å². The highest BCUT2D eigenvalue weighted by molar-refractivity contribution is 5.89. The van der Waals surface area contributed by atoms with Crippen LogP contribution in [-0.4, -0.2) is 19.5 Å². The van der Waals surface area contributed by atoms with E-state index in [9.17, 15) is 0 Å². The van der Waals surface area contributed by atoms with Crippen LogP contribution in [0.1, 0.15) is 5.56 Å². The fourth-order valence-electron chi connectivity index (χ4n) is 3.25. The summed E-state index contributed by atoms with van der Waals surface area (Å²) in [7, 11) is 0. The third-order valence-electron chi connectivity index (χ3n) is 4.50. The molecule has 5 rings (SSSR count). The summed E-state index contributed by atoms with van der Waals surface area (Å²) in [4.78, 5) is 13.9. The van der Waals surface area contributed by atoms with Gasteiger partial charge in [-0.05, 0) is 17.7 Å². The van der Waals surface area contributed by atoms with E-state index < -0.39 is 0 Å². The van der Waals surface area contributed by atoms with Crippen LogP contribution in [0.15, 0.2) is 89.8 Å². The minimum Gasteiger partial charge on any atom is -0.461 e. The zero-order valence-corrected chi connectivity index (χ0v) is 14.5. The number of imidazole rings is 1. The van der Waals surface area contributed by atoms with Crippen molar-refractivity contribution in [2.24, 2.45) is 0 Å². The molecule has 5 aromatic rings. The van der Waals surface area contributed by atoms with Crippen LogP contribution in [0, 0.1) is 0 Å². The zero-order chi connectivity index (χ0) is 18.1. The standard InChI is InChI=1S/C22H16N4O/c1-3-8-16(9-4-1)14-26-21(18-12-7-13-27-18)25-20-19(23-15-24-22(20)26)17-10-5-2-6-11-17/h1-13,15H,14H2. The van der Waals surface area contributed by atoms with Crippen molar-refractivity contribution in [2.45, 2.75) is 6.54 Å². The van der Waals surface area contributed by atoms with Crippen molar-refractivity contribution in [3.63, 3.8) is 0 Å². The number of nitrogens with zero attached hydrogens (tertiary/aromatic N) is 4. The molecule has 5 nitrogen and oxygen atoms in total. The smallest absolute Gasteiger partial charge is 0.178 e. The van der Waals surface area contributed by atoms with E-state index in [1.807, 2.05) is 60.7 Å². The second-order valence-corrected chi connectivity index (χ2v) is 6.24. The van der Waals surface area contributed by atoms with Gasteiger partial charge >= 0.3 is 0 Å². The number of hydrogen-bond acceptors (Lipinski definition) is 4. The monoisotopic (exact) mass is 352 g/mol. The molecular formula is C22H16N4O. The summed E-state index contributed by atoms with van der Waals surface area (Å²) in [5.41, 5.74) is 4.56. The number of benzene rings is 2. The van der Waals surface area contributed by atoms with Crippen LogP contribution in [0.5, 0.6) is 0 Å². The Kier molecular flexibility index (Phi) is 3.76. The van der Waals surface area contributed by atoms with E-state index >= 15 is 0 Å². The first-order valence-electron chi connectivity index (χ1n) is 8.74. The molecule has 27 heavy (non-hydrogen) atoms. The van der Waals surface area contributed by atoms with Gasteiger partial charge in [0.15, 0.2) is 17.2 Å². The normalized spacial score (nSPS) is 11.1. The maximum Gasteiger partial charge on any atom is 0.178 e. The van der Waals surface area contributed by atoms with Crippen molar-refractivity contribution in [3.8, 4) is 22.8 Å². The molecule has 0 aliphatic rings. The summed E-state index contributed by atoms with van der Waals surface area (Å²) in [6, 6.07) is 24.1. The largest absolute Gasteiger partial charge is 0.461 e. The summed E-state index contributed by atoms with van der Waals surface area (Å²) in [6.45, 7) is 0.651. The predicted molar refractivity (Wildman–Crippen MR) is 104 cm³/mol. The topological polar surface area (TPSA) is 56.7 Å². The Hall–Kier alpha value is -3.73. The third-order valence-corrected chi connectivity index (χ3v) is 4.50. The first kappa shape index (κ1) is 15.5. The molecule has 130 valence electrons. The molecule has 5 heteroatoms. The first-order valence-corrected chi connectivity index (χ1v) is 8.74. The SMILES string of the molecule is c1ccc(Cn2c(-c3ccco3)nc3c(-c4ccccc4)ncnc32)cc1. The Labute approximate surface area is 156 Å². The Morgan fingerprint density at radius 1 is 0.815 bits per heavy atom. The first-order chi connectivity index (χ1) is 13.4. The summed E-state index contributed by atoms with van der Waals surface area (Å²) in [5.74, 6) is 1.46. The van der Waals surface area contributed by atoms with E-state index in [0.29, 0.717) is 12.3 Å². The van der Waals surface area contributed by atoms with Crippen LogP contribution in [0.2, 0.25) is 0 Å². The minimum atomic E-state index is 0.651. The third kappa shape index (κ3) is 2.79. The van der Waals surface area contributed by atoms with Crippen LogP contribution < -0.4 is 0 Å². The molecule has 0 fully saturated rings. The lowest BCUT2D eigenvalue weighted by Gasteiger charge is -2.07. The lowest BCUT2D eigenvalue weighted by Crippen LogP contribution is -2.03. The van der Waals surface area contributed by atoms with Crippen molar-refractivity contribution < 1.29 is 4.42 Å². The molecule has 0 amide bonds. The lowest BCUT2D eigenvalue weighted by molar-refractivity contribution is 0.572. The number of furan rings is 1. The second kappa shape index (κ2) is 6.53. The molecule has 0 atom stereocenters. The predicted octanol–water partition coefficient (Wildman–Crippen LogP) is 4.80. The average Bonchev–Trinajstić information content (AvgIpc) is 3.38. The number of hydrogen-bond donors (Lipinski definition) is 0. The van der Waals surface area contributed by atoms with Crippen LogP contribution in [0.4, 0.5) is 0 Å². The summed E-state index contributed by atoms with van der Waals surface area (Å²) < 4.78 is 7.72. The van der Waals surface area contributed by atoms with E-state index in [0.717, 1.165) is 28.2 Å². The number of rotatable bonds is 4. The van der Waals surface area contributed by atoms with Gasteiger partial charge in [0.25, 0.3) is 0 Å². The highest BCUT2D eigenvalue weighted by Crippen LogP contribution is 2.30. The molecule has 0 saturated carbocycles. The van der Waals surface area contributed by atoms with Crippen molar-refractivity contribution in [2.75, 3.05) is 0 Å². The Morgan fingerprint density at radius 3 is 2.33 bits per heavy atom.